The van der Waals surface area contributed by atoms with Crippen molar-refractivity contribution in [3.8, 4) is 0 Å². The minimum Gasteiger partial charge on any atom is -0.369 e. The highest BCUT2D eigenvalue weighted by molar-refractivity contribution is 5.99. The summed E-state index contributed by atoms with van der Waals surface area (Å²) in [5.41, 5.74) is 0.219. The fraction of sp³-hybridized carbons (Fsp3) is 0.364. The molecule has 2 aromatic carbocycles. The van der Waals surface area contributed by atoms with Crippen LogP contribution in [0.25, 0.3) is 0 Å². The molecule has 2 aromatic rings. The van der Waals surface area contributed by atoms with E-state index in [1.165, 1.54) is 0 Å². The van der Waals surface area contributed by atoms with Crippen molar-refractivity contribution >= 4 is 11.8 Å². The molecule has 2 amide bonds. The molecule has 3 aliphatic rings. The number of hydrogen-bond donors (Lipinski definition) is 0. The van der Waals surface area contributed by atoms with Crippen molar-refractivity contribution in [1.29, 1.82) is 0 Å². The molecule has 6 heteroatoms. The molecule has 3 saturated heterocycles. The van der Waals surface area contributed by atoms with Crippen LogP contribution in [0.15, 0.2) is 60.7 Å². The molecule has 0 aliphatic carbocycles. The maximum atomic E-state index is 13.0. The largest absolute Gasteiger partial charge is 0.369 e. The number of benzene rings is 2. The Balaban J connectivity index is 1.86. The zero-order chi connectivity index (χ0) is 19.5. The van der Waals surface area contributed by atoms with E-state index in [1.807, 2.05) is 70.5 Å². The molecule has 3 heterocycles. The minimum absolute atomic E-state index is 0.0458. The van der Waals surface area contributed by atoms with Crippen LogP contribution in [0.4, 0.5) is 0 Å². The van der Waals surface area contributed by atoms with Crippen molar-refractivity contribution in [3.05, 3.63) is 71.8 Å². The number of nitrogens with zero attached hydrogens (tertiary/aromatic N) is 2. The molecule has 0 N–H and O–H groups in total. The summed E-state index contributed by atoms with van der Waals surface area (Å²) < 4.78 is 11.5. The maximum absolute atomic E-state index is 13.0. The summed E-state index contributed by atoms with van der Waals surface area (Å²) >= 11 is 0. The lowest BCUT2D eigenvalue weighted by Crippen LogP contribution is -2.94. The number of hydrogen-bond acceptors (Lipinski definition) is 4. The van der Waals surface area contributed by atoms with Crippen molar-refractivity contribution in [1.82, 2.24) is 9.80 Å². The van der Waals surface area contributed by atoms with Gasteiger partial charge in [0.1, 0.15) is 11.1 Å². The Morgan fingerprint density at radius 2 is 1.07 bits per heavy atom. The number of carbonyl (C=O) groups excluding carboxylic acids is 2. The smallest absolute Gasteiger partial charge is 0.255 e. The highest BCUT2D eigenvalue weighted by atomic mass is 16.5. The normalized spacial score (nSPS) is 33.6. The van der Waals surface area contributed by atoms with Crippen molar-refractivity contribution in [3.63, 3.8) is 0 Å². The second-order valence-electron chi connectivity index (χ2n) is 7.48. The van der Waals surface area contributed by atoms with Crippen LogP contribution in [0.3, 0.4) is 0 Å². The fourth-order valence-corrected chi connectivity index (χ4v) is 5.70. The van der Waals surface area contributed by atoms with Crippen LogP contribution in [0, 0.1) is 0 Å². The first-order chi connectivity index (χ1) is 13.7. The Morgan fingerprint density at radius 3 is 1.39 bits per heavy atom. The Labute approximate surface area is 163 Å². The molecule has 2 unspecified atom stereocenters. The van der Waals surface area contributed by atoms with Crippen molar-refractivity contribution in [2.45, 2.75) is 23.3 Å². The Morgan fingerprint density at radius 1 is 0.714 bits per heavy atom. The summed E-state index contributed by atoms with van der Waals surface area (Å²) in [4.78, 5) is 29.7. The minimum atomic E-state index is -0.839. The predicted octanol–water partition coefficient (Wildman–Crippen LogP) is 1.51. The summed E-state index contributed by atoms with van der Waals surface area (Å²) in [5.74, 6) is -0.0916. The zero-order valence-electron chi connectivity index (χ0n) is 15.9. The maximum Gasteiger partial charge on any atom is 0.255 e. The molecule has 144 valence electrons. The molecule has 6 nitrogen and oxygen atoms in total. The van der Waals surface area contributed by atoms with E-state index in [0.717, 1.165) is 11.1 Å². The third kappa shape index (κ3) is 1.67. The lowest BCUT2D eigenvalue weighted by atomic mass is 9.52. The van der Waals surface area contributed by atoms with Crippen LogP contribution in [0.1, 0.15) is 11.1 Å². The molecule has 0 spiro atoms. The molecular weight excluding hydrogens is 356 g/mol. The van der Waals surface area contributed by atoms with Gasteiger partial charge in [-0.3, -0.25) is 9.59 Å². The summed E-state index contributed by atoms with van der Waals surface area (Å²) in [6, 6.07) is 19.8. The lowest BCUT2D eigenvalue weighted by molar-refractivity contribution is -0.290. The van der Waals surface area contributed by atoms with Crippen LogP contribution in [0.5, 0.6) is 0 Å². The number of piperazine rings is 1. The monoisotopic (exact) mass is 378 g/mol. The SMILES string of the molecule is COC1C(=O)N2CCN3C(=O)C(OC)[C@]3(c3ccccc3)[C@@]12c1ccccc1. The van der Waals surface area contributed by atoms with E-state index in [2.05, 4.69) is 0 Å². The van der Waals surface area contributed by atoms with Crippen LogP contribution in [0.2, 0.25) is 0 Å². The number of fused-ring (bicyclic) bond motifs is 3. The molecule has 0 bridgehead atoms. The van der Waals surface area contributed by atoms with Gasteiger partial charge in [-0.25, -0.2) is 0 Å². The second kappa shape index (κ2) is 5.90. The molecule has 5 rings (SSSR count). The summed E-state index contributed by atoms with van der Waals surface area (Å²) in [5, 5.41) is 0. The average molecular weight is 378 g/mol. The fourth-order valence-electron chi connectivity index (χ4n) is 5.70. The van der Waals surface area contributed by atoms with Gasteiger partial charge in [0.15, 0.2) is 12.2 Å². The van der Waals surface area contributed by atoms with Crippen LogP contribution in [-0.4, -0.2) is 61.1 Å². The lowest BCUT2D eigenvalue weighted by Gasteiger charge is -2.75. The number of rotatable bonds is 4. The summed E-state index contributed by atoms with van der Waals surface area (Å²) in [6.45, 7) is 0.953. The number of methoxy groups -OCH3 is 2. The van der Waals surface area contributed by atoms with Crippen LogP contribution < -0.4 is 0 Å². The van der Waals surface area contributed by atoms with E-state index < -0.39 is 23.3 Å². The average Bonchev–Trinajstić information content (AvgIpc) is 2.74. The van der Waals surface area contributed by atoms with Gasteiger partial charge in [0.05, 0.1) is 0 Å². The number of β-lactam (4-membered cyclic amide) rings is 2. The quantitative estimate of drug-likeness (QED) is 0.757. The summed E-state index contributed by atoms with van der Waals surface area (Å²) in [7, 11) is 3.12. The zero-order valence-corrected chi connectivity index (χ0v) is 15.9. The Hall–Kier alpha value is -2.70. The van der Waals surface area contributed by atoms with Gasteiger partial charge >= 0.3 is 0 Å². The third-order valence-electron chi connectivity index (χ3n) is 6.62. The predicted molar refractivity (Wildman–Crippen MR) is 101 cm³/mol. The molecule has 3 fully saturated rings. The molecular formula is C22H22N2O4. The number of amides is 2. The van der Waals surface area contributed by atoms with Gasteiger partial charge in [-0.15, -0.1) is 0 Å². The van der Waals surface area contributed by atoms with E-state index >= 15 is 0 Å². The third-order valence-corrected chi connectivity index (χ3v) is 6.62. The number of ether oxygens (including phenoxy) is 2. The molecule has 0 saturated carbocycles. The molecule has 3 aliphatic heterocycles. The Bertz CT molecular complexity index is 837. The first-order valence-electron chi connectivity index (χ1n) is 9.45. The highest BCUT2D eigenvalue weighted by Crippen LogP contribution is 2.65. The number of carbonyl (C=O) groups is 2. The van der Waals surface area contributed by atoms with E-state index in [4.69, 9.17) is 9.47 Å². The van der Waals surface area contributed by atoms with Crippen molar-refractivity contribution < 1.29 is 19.1 Å². The van der Waals surface area contributed by atoms with E-state index in [0.29, 0.717) is 13.1 Å². The van der Waals surface area contributed by atoms with Gasteiger partial charge in [-0.1, -0.05) is 60.7 Å². The molecule has 0 aromatic heterocycles. The van der Waals surface area contributed by atoms with Crippen molar-refractivity contribution in [2.75, 3.05) is 27.3 Å². The van der Waals surface area contributed by atoms with E-state index in [-0.39, 0.29) is 11.8 Å². The van der Waals surface area contributed by atoms with Gasteiger partial charge in [0, 0.05) is 27.3 Å². The van der Waals surface area contributed by atoms with Gasteiger partial charge in [0.2, 0.25) is 0 Å². The van der Waals surface area contributed by atoms with Gasteiger partial charge in [0.25, 0.3) is 11.8 Å². The second-order valence-corrected chi connectivity index (χ2v) is 7.48. The Kier molecular flexibility index (Phi) is 3.66. The summed E-state index contributed by atoms with van der Waals surface area (Å²) in [6.07, 6.45) is -1.38. The molecule has 28 heavy (non-hydrogen) atoms. The molecule has 4 atom stereocenters. The highest BCUT2D eigenvalue weighted by Gasteiger charge is 2.83. The van der Waals surface area contributed by atoms with Crippen LogP contribution in [-0.2, 0) is 30.1 Å². The van der Waals surface area contributed by atoms with Crippen LogP contribution >= 0.6 is 0 Å². The standard InChI is InChI=1S/C22H22N2O4/c1-27-17-19(25)23-13-14-24-20(26)18(28-2)22(24,16-11-7-4-8-12-16)21(17,23)15-9-5-3-6-10-15/h3-12,17-18H,13-14H2,1-2H3/t17?,18?,21-,22-/m1/s1. The van der Waals surface area contributed by atoms with E-state index in [1.54, 1.807) is 14.2 Å². The first-order valence-corrected chi connectivity index (χ1v) is 9.45. The van der Waals surface area contributed by atoms with Crippen molar-refractivity contribution in [2.24, 2.45) is 0 Å². The van der Waals surface area contributed by atoms with Gasteiger partial charge in [-0.2, -0.15) is 0 Å². The molecule has 0 radical (unpaired) electrons. The van der Waals surface area contributed by atoms with E-state index in [9.17, 15) is 9.59 Å². The van der Waals surface area contributed by atoms with Gasteiger partial charge in [-0.05, 0) is 11.1 Å². The van der Waals surface area contributed by atoms with Gasteiger partial charge < -0.3 is 19.3 Å². The topological polar surface area (TPSA) is 59.1 Å². The first kappa shape index (κ1) is 17.4.